The van der Waals surface area contributed by atoms with E-state index in [-0.39, 0.29) is 11.8 Å². The minimum atomic E-state index is -0.684. The van der Waals surface area contributed by atoms with E-state index in [1.807, 2.05) is 44.2 Å². The Hall–Kier alpha value is -3.65. The topological polar surface area (TPSA) is 68.5 Å². The van der Waals surface area contributed by atoms with Crippen LogP contribution in [-0.2, 0) is 22.6 Å². The fraction of sp³-hybridized carbons (Fsp3) is 0.323. The third-order valence-electron chi connectivity index (χ3n) is 6.25. The second kappa shape index (κ2) is 12.9. The highest BCUT2D eigenvalue weighted by Gasteiger charge is 2.30. The van der Waals surface area contributed by atoms with E-state index in [1.165, 1.54) is 24.2 Å². The van der Waals surface area contributed by atoms with Crippen molar-refractivity contribution in [2.45, 2.75) is 63.3 Å². The van der Waals surface area contributed by atoms with E-state index in [0.717, 1.165) is 40.4 Å². The Morgan fingerprint density at radius 3 is 2.56 bits per heavy atom. The average Bonchev–Trinajstić information content (AvgIpc) is 3.44. The summed E-state index contributed by atoms with van der Waals surface area (Å²) in [6, 6.07) is 18.8. The molecule has 2 heterocycles. The van der Waals surface area contributed by atoms with Crippen molar-refractivity contribution in [2.24, 2.45) is 0 Å². The summed E-state index contributed by atoms with van der Waals surface area (Å²) < 4.78 is 24.2. The lowest BCUT2D eigenvalue weighted by molar-refractivity contribution is -0.145. The molecule has 8 heteroatoms. The number of anilines is 1. The van der Waals surface area contributed by atoms with Crippen molar-refractivity contribution in [1.82, 2.24) is 9.97 Å². The highest BCUT2D eigenvalue weighted by Crippen LogP contribution is 2.34. The van der Waals surface area contributed by atoms with Crippen LogP contribution in [0, 0.1) is 12.7 Å². The first kappa shape index (κ1) is 28.4. The molecule has 0 amide bonds. The number of carbonyl (C=O) groups is 1. The van der Waals surface area contributed by atoms with Crippen LogP contribution in [0.3, 0.4) is 0 Å². The molecule has 0 spiro atoms. The number of hydrogen-bond donors (Lipinski definition) is 0. The predicted molar refractivity (Wildman–Crippen MR) is 153 cm³/mol. The number of halogens is 1. The molecule has 0 aliphatic heterocycles. The number of hydrogen-bond acceptors (Lipinski definition) is 7. The Bertz CT molecular complexity index is 1370. The Morgan fingerprint density at radius 1 is 1.08 bits per heavy atom. The van der Waals surface area contributed by atoms with Gasteiger partial charge < -0.3 is 14.1 Å². The summed E-state index contributed by atoms with van der Waals surface area (Å²) in [5.74, 6) is 1.09. The number of esters is 1. The number of ether oxygens (including phenoxy) is 1. The van der Waals surface area contributed by atoms with Crippen LogP contribution in [0.15, 0.2) is 82.6 Å². The number of benzene rings is 2. The zero-order valence-corrected chi connectivity index (χ0v) is 23.6. The minimum absolute atomic E-state index is 0.203. The molecule has 0 unspecified atom stereocenters. The van der Waals surface area contributed by atoms with Crippen LogP contribution < -0.4 is 4.90 Å². The number of rotatable bonds is 12. The first-order valence-corrected chi connectivity index (χ1v) is 13.9. The molecule has 2 aromatic heterocycles. The molecular formula is C31H34FN3O3S. The third kappa shape index (κ3) is 7.69. The third-order valence-corrected chi connectivity index (χ3v) is 7.43. The molecule has 204 valence electrons. The van der Waals surface area contributed by atoms with Crippen LogP contribution >= 0.6 is 11.8 Å². The summed E-state index contributed by atoms with van der Waals surface area (Å²) in [4.78, 5) is 24.6. The van der Waals surface area contributed by atoms with Crippen LogP contribution in [0.25, 0.3) is 11.3 Å². The van der Waals surface area contributed by atoms with Crippen molar-refractivity contribution in [3.8, 4) is 11.3 Å². The zero-order valence-electron chi connectivity index (χ0n) is 22.8. The Kier molecular flexibility index (Phi) is 9.41. The van der Waals surface area contributed by atoms with E-state index in [0.29, 0.717) is 31.0 Å². The van der Waals surface area contributed by atoms with Crippen molar-refractivity contribution in [3.05, 3.63) is 96.0 Å². The van der Waals surface area contributed by atoms with Crippen LogP contribution in [0.4, 0.5) is 10.2 Å². The second-order valence-corrected chi connectivity index (χ2v) is 11.6. The van der Waals surface area contributed by atoms with Crippen molar-refractivity contribution < 1.29 is 18.3 Å². The maximum absolute atomic E-state index is 13.8. The quantitative estimate of drug-likeness (QED) is 0.103. The van der Waals surface area contributed by atoms with E-state index in [9.17, 15) is 9.18 Å². The van der Waals surface area contributed by atoms with Gasteiger partial charge in [0.1, 0.15) is 28.5 Å². The zero-order chi connectivity index (χ0) is 27.8. The number of aromatic nitrogens is 2. The number of furan rings is 1. The number of carbonyl (C=O) groups excluding carboxylic acids is 1. The number of thioether (sulfide) groups is 1. The average molecular weight is 548 g/mol. The fourth-order valence-corrected chi connectivity index (χ4v) is 5.00. The van der Waals surface area contributed by atoms with Crippen LogP contribution in [0.2, 0.25) is 0 Å². The normalized spacial score (nSPS) is 11.4. The van der Waals surface area contributed by atoms with Gasteiger partial charge >= 0.3 is 5.97 Å². The Morgan fingerprint density at radius 2 is 1.87 bits per heavy atom. The largest absolute Gasteiger partial charge is 0.467 e. The van der Waals surface area contributed by atoms with Crippen molar-refractivity contribution >= 4 is 23.5 Å². The second-order valence-electron chi connectivity index (χ2n) is 9.91. The standard InChI is InChI=1S/C31H34FN3O3S/c1-5-6-15-38-30(36)31(3,4)39-26-12-9-23(10-13-26)19-35(20-25-8-7-16-37-25)29-18-28(33-21-34-29)24-11-14-27(32)22(2)17-24/h7-14,16-18,21H,5-6,15,19-20H2,1-4H3. The van der Waals surface area contributed by atoms with Gasteiger partial charge in [0, 0.05) is 23.1 Å². The molecular weight excluding hydrogens is 513 g/mol. The maximum atomic E-state index is 13.8. The van der Waals surface area contributed by atoms with Gasteiger partial charge in [0.25, 0.3) is 0 Å². The lowest BCUT2D eigenvalue weighted by atomic mass is 10.1. The van der Waals surface area contributed by atoms with Gasteiger partial charge in [-0.1, -0.05) is 25.5 Å². The summed E-state index contributed by atoms with van der Waals surface area (Å²) in [6.07, 6.45) is 5.04. The van der Waals surface area contributed by atoms with E-state index < -0.39 is 4.75 Å². The first-order valence-electron chi connectivity index (χ1n) is 13.1. The molecule has 0 bridgehead atoms. The summed E-state index contributed by atoms with van der Waals surface area (Å²) in [6.45, 7) is 9.13. The SMILES string of the molecule is CCCCOC(=O)C(C)(C)Sc1ccc(CN(Cc2ccco2)c2cc(-c3ccc(F)c(C)c3)ncn2)cc1. The summed E-state index contributed by atoms with van der Waals surface area (Å²) in [5.41, 5.74) is 3.18. The minimum Gasteiger partial charge on any atom is -0.467 e. The maximum Gasteiger partial charge on any atom is 0.321 e. The lowest BCUT2D eigenvalue weighted by Crippen LogP contribution is -2.30. The molecule has 4 rings (SSSR count). The van der Waals surface area contributed by atoms with Gasteiger partial charge in [0.15, 0.2) is 0 Å². The molecule has 0 saturated heterocycles. The number of nitrogens with zero attached hydrogens (tertiary/aromatic N) is 3. The highest BCUT2D eigenvalue weighted by atomic mass is 32.2. The van der Waals surface area contributed by atoms with Gasteiger partial charge in [-0.25, -0.2) is 14.4 Å². The smallest absolute Gasteiger partial charge is 0.321 e. The van der Waals surface area contributed by atoms with E-state index >= 15 is 0 Å². The Labute approximate surface area is 233 Å². The summed E-state index contributed by atoms with van der Waals surface area (Å²) in [5, 5.41) is 0. The molecule has 0 aliphatic carbocycles. The summed E-state index contributed by atoms with van der Waals surface area (Å²) in [7, 11) is 0. The van der Waals surface area contributed by atoms with Crippen molar-refractivity contribution in [1.29, 1.82) is 0 Å². The molecule has 0 radical (unpaired) electrons. The highest BCUT2D eigenvalue weighted by molar-refractivity contribution is 8.01. The molecule has 0 atom stereocenters. The van der Waals surface area contributed by atoms with E-state index in [1.54, 1.807) is 25.3 Å². The van der Waals surface area contributed by atoms with E-state index in [2.05, 4.69) is 33.9 Å². The molecule has 0 saturated carbocycles. The van der Waals surface area contributed by atoms with Crippen LogP contribution in [-0.4, -0.2) is 27.3 Å². The van der Waals surface area contributed by atoms with Gasteiger partial charge in [0.2, 0.25) is 0 Å². The predicted octanol–water partition coefficient (Wildman–Crippen LogP) is 7.60. The fourth-order valence-electron chi connectivity index (χ4n) is 3.99. The monoisotopic (exact) mass is 547 g/mol. The van der Waals surface area contributed by atoms with Gasteiger partial charge in [-0.15, -0.1) is 11.8 Å². The Balaban J connectivity index is 1.52. The molecule has 0 fully saturated rings. The summed E-state index contributed by atoms with van der Waals surface area (Å²) >= 11 is 1.49. The van der Waals surface area contributed by atoms with Gasteiger partial charge in [0.05, 0.1) is 25.1 Å². The molecule has 6 nitrogen and oxygen atoms in total. The van der Waals surface area contributed by atoms with Crippen LogP contribution in [0.5, 0.6) is 0 Å². The van der Waals surface area contributed by atoms with Crippen molar-refractivity contribution in [2.75, 3.05) is 11.5 Å². The number of unbranched alkanes of at least 4 members (excludes halogenated alkanes) is 1. The molecule has 0 N–H and O–H groups in total. The lowest BCUT2D eigenvalue weighted by Gasteiger charge is -2.24. The van der Waals surface area contributed by atoms with Gasteiger partial charge in [-0.2, -0.15) is 0 Å². The van der Waals surface area contributed by atoms with Crippen molar-refractivity contribution in [3.63, 3.8) is 0 Å². The van der Waals surface area contributed by atoms with Gasteiger partial charge in [-0.05, 0) is 80.8 Å². The molecule has 39 heavy (non-hydrogen) atoms. The first-order chi connectivity index (χ1) is 18.7. The van der Waals surface area contributed by atoms with Crippen LogP contribution in [0.1, 0.15) is 50.5 Å². The molecule has 0 aliphatic rings. The molecule has 2 aromatic carbocycles. The molecule has 4 aromatic rings. The number of aryl methyl sites for hydroxylation is 1. The van der Waals surface area contributed by atoms with E-state index in [4.69, 9.17) is 9.15 Å². The van der Waals surface area contributed by atoms with Gasteiger partial charge in [-0.3, -0.25) is 4.79 Å².